The van der Waals surface area contributed by atoms with Crippen LogP contribution in [0.3, 0.4) is 0 Å². The Morgan fingerprint density at radius 2 is 1.74 bits per heavy atom. The fourth-order valence-corrected chi connectivity index (χ4v) is 3.36. The number of hydrogen-bond donors (Lipinski definition) is 1. The Balaban J connectivity index is 1.68. The molecular weight excluding hydrogens is 362 g/mol. The maximum atomic E-state index is 12.5. The Bertz CT molecular complexity index is 892. The quantitative estimate of drug-likeness (QED) is 0.804. The van der Waals surface area contributed by atoms with Crippen LogP contribution in [-0.4, -0.2) is 42.6 Å². The first-order chi connectivity index (χ1) is 12.9. The van der Waals surface area contributed by atoms with Gasteiger partial charge in [-0.2, -0.15) is 0 Å². The number of rotatable bonds is 5. The van der Waals surface area contributed by atoms with E-state index in [9.17, 15) is 14.4 Å². The highest BCUT2D eigenvalue weighted by Crippen LogP contribution is 2.32. The lowest BCUT2D eigenvalue weighted by Gasteiger charge is -2.12. The number of nitrogens with one attached hydrogen (secondary N) is 1. The van der Waals surface area contributed by atoms with Gasteiger partial charge in [0.25, 0.3) is 11.1 Å². The minimum absolute atomic E-state index is 0.309. The molecule has 0 atom stereocenters. The summed E-state index contributed by atoms with van der Waals surface area (Å²) in [6.45, 7) is -0.309. The van der Waals surface area contributed by atoms with Crippen molar-refractivity contribution < 1.29 is 14.4 Å². The van der Waals surface area contributed by atoms with E-state index in [0.29, 0.717) is 10.6 Å². The Morgan fingerprint density at radius 3 is 2.37 bits per heavy atom. The van der Waals surface area contributed by atoms with Crippen LogP contribution in [0.1, 0.15) is 5.56 Å². The molecule has 1 aliphatic heterocycles. The standard InChI is InChI=1S/C20H19N3O3S/c1-22(2)16-10-8-14(9-11-16)12-17-19(25)23(20(26)27-17)13-18(24)21-15-6-4-3-5-7-15/h3-12H,13H2,1-2H3,(H,21,24)/b17-12+. The van der Waals surface area contributed by atoms with Gasteiger partial charge in [0, 0.05) is 25.5 Å². The van der Waals surface area contributed by atoms with Crippen LogP contribution < -0.4 is 10.2 Å². The van der Waals surface area contributed by atoms with Crippen molar-refractivity contribution in [3.8, 4) is 0 Å². The molecule has 6 nitrogen and oxygen atoms in total. The zero-order chi connectivity index (χ0) is 19.4. The fraction of sp³-hybridized carbons (Fsp3) is 0.150. The summed E-state index contributed by atoms with van der Waals surface area (Å²) in [5, 5.41) is 2.23. The molecule has 0 aliphatic carbocycles. The summed E-state index contributed by atoms with van der Waals surface area (Å²) >= 11 is 0.844. The zero-order valence-corrected chi connectivity index (χ0v) is 15.8. The van der Waals surface area contributed by atoms with E-state index in [-0.39, 0.29) is 6.54 Å². The summed E-state index contributed by atoms with van der Waals surface area (Å²) in [4.78, 5) is 40.1. The maximum absolute atomic E-state index is 12.5. The summed E-state index contributed by atoms with van der Waals surface area (Å²) in [7, 11) is 3.89. The second-order valence-corrected chi connectivity index (χ2v) is 7.16. The van der Waals surface area contributed by atoms with E-state index in [0.717, 1.165) is 27.9 Å². The van der Waals surface area contributed by atoms with Crippen molar-refractivity contribution in [3.05, 3.63) is 65.1 Å². The van der Waals surface area contributed by atoms with E-state index < -0.39 is 17.1 Å². The van der Waals surface area contributed by atoms with Gasteiger partial charge in [0.1, 0.15) is 6.54 Å². The lowest BCUT2D eigenvalue weighted by atomic mass is 10.2. The van der Waals surface area contributed by atoms with Crippen molar-refractivity contribution in [1.82, 2.24) is 4.90 Å². The molecule has 3 amide bonds. The first-order valence-corrected chi connectivity index (χ1v) is 9.13. The zero-order valence-electron chi connectivity index (χ0n) is 15.0. The van der Waals surface area contributed by atoms with E-state index in [2.05, 4.69) is 5.32 Å². The molecule has 0 saturated carbocycles. The van der Waals surface area contributed by atoms with Gasteiger partial charge in [0.2, 0.25) is 5.91 Å². The van der Waals surface area contributed by atoms with E-state index in [1.54, 1.807) is 30.3 Å². The number of amides is 3. The van der Waals surface area contributed by atoms with E-state index in [1.165, 1.54) is 0 Å². The molecular formula is C20H19N3O3S. The van der Waals surface area contributed by atoms with Gasteiger partial charge in [-0.15, -0.1) is 0 Å². The minimum atomic E-state index is -0.454. The Labute approximate surface area is 161 Å². The first-order valence-electron chi connectivity index (χ1n) is 8.32. The second-order valence-electron chi connectivity index (χ2n) is 6.17. The van der Waals surface area contributed by atoms with Crippen LogP contribution in [0, 0.1) is 0 Å². The molecule has 138 valence electrons. The van der Waals surface area contributed by atoms with Gasteiger partial charge < -0.3 is 10.2 Å². The van der Waals surface area contributed by atoms with Gasteiger partial charge in [0.15, 0.2) is 0 Å². The normalized spacial score (nSPS) is 15.3. The van der Waals surface area contributed by atoms with Crippen LogP contribution in [0.25, 0.3) is 6.08 Å². The highest BCUT2D eigenvalue weighted by molar-refractivity contribution is 8.18. The number of nitrogens with zero attached hydrogens (tertiary/aromatic N) is 2. The molecule has 0 radical (unpaired) electrons. The monoisotopic (exact) mass is 381 g/mol. The average Bonchev–Trinajstić information content (AvgIpc) is 2.90. The van der Waals surface area contributed by atoms with Gasteiger partial charge in [-0.1, -0.05) is 30.3 Å². The predicted octanol–water partition coefficient (Wildman–Crippen LogP) is 3.43. The van der Waals surface area contributed by atoms with Crippen molar-refractivity contribution in [1.29, 1.82) is 0 Å². The van der Waals surface area contributed by atoms with E-state index in [1.807, 2.05) is 49.3 Å². The smallest absolute Gasteiger partial charge is 0.294 e. The lowest BCUT2D eigenvalue weighted by molar-refractivity contribution is -0.127. The topological polar surface area (TPSA) is 69.7 Å². The molecule has 0 aromatic heterocycles. The van der Waals surface area contributed by atoms with E-state index in [4.69, 9.17) is 0 Å². The summed E-state index contributed by atoms with van der Waals surface area (Å²) in [5.41, 5.74) is 2.48. The molecule has 3 rings (SSSR count). The van der Waals surface area contributed by atoms with E-state index >= 15 is 0 Å². The molecule has 0 bridgehead atoms. The van der Waals surface area contributed by atoms with Gasteiger partial charge in [-0.05, 0) is 47.7 Å². The highest BCUT2D eigenvalue weighted by atomic mass is 32.2. The van der Waals surface area contributed by atoms with Crippen LogP contribution in [-0.2, 0) is 9.59 Å². The molecule has 0 unspecified atom stereocenters. The van der Waals surface area contributed by atoms with Crippen molar-refractivity contribution in [2.24, 2.45) is 0 Å². The summed E-state index contributed by atoms with van der Waals surface area (Å²) < 4.78 is 0. The summed E-state index contributed by atoms with van der Waals surface area (Å²) in [5.74, 6) is -0.870. The Hall–Kier alpha value is -3.06. The molecule has 1 heterocycles. The molecule has 1 saturated heterocycles. The maximum Gasteiger partial charge on any atom is 0.294 e. The lowest BCUT2D eigenvalue weighted by Crippen LogP contribution is -2.36. The Morgan fingerprint density at radius 1 is 1.07 bits per heavy atom. The Kier molecular flexibility index (Phi) is 5.61. The number of carbonyl (C=O) groups excluding carboxylic acids is 3. The number of hydrogen-bond acceptors (Lipinski definition) is 5. The molecule has 1 N–H and O–H groups in total. The molecule has 7 heteroatoms. The molecule has 1 fully saturated rings. The van der Waals surface area contributed by atoms with Gasteiger partial charge in [-0.3, -0.25) is 19.3 Å². The first kappa shape index (κ1) is 18.7. The third-order valence-electron chi connectivity index (χ3n) is 3.94. The van der Waals surface area contributed by atoms with Crippen LogP contribution >= 0.6 is 11.8 Å². The third kappa shape index (κ3) is 4.57. The van der Waals surface area contributed by atoms with Crippen molar-refractivity contribution in [2.75, 3.05) is 30.9 Å². The fourth-order valence-electron chi connectivity index (χ4n) is 2.52. The van der Waals surface area contributed by atoms with Crippen LogP contribution in [0.15, 0.2) is 59.5 Å². The van der Waals surface area contributed by atoms with Gasteiger partial charge >= 0.3 is 0 Å². The number of carbonyl (C=O) groups is 3. The van der Waals surface area contributed by atoms with Crippen molar-refractivity contribution >= 4 is 46.3 Å². The minimum Gasteiger partial charge on any atom is -0.378 e. The largest absolute Gasteiger partial charge is 0.378 e. The number of para-hydroxylation sites is 1. The average molecular weight is 381 g/mol. The molecule has 0 spiro atoms. The highest BCUT2D eigenvalue weighted by Gasteiger charge is 2.36. The predicted molar refractivity (Wildman–Crippen MR) is 109 cm³/mol. The number of benzene rings is 2. The van der Waals surface area contributed by atoms with Crippen molar-refractivity contribution in [3.63, 3.8) is 0 Å². The van der Waals surface area contributed by atoms with Crippen LogP contribution in [0.5, 0.6) is 0 Å². The van der Waals surface area contributed by atoms with Crippen molar-refractivity contribution in [2.45, 2.75) is 0 Å². The third-order valence-corrected chi connectivity index (χ3v) is 4.85. The summed E-state index contributed by atoms with van der Waals surface area (Å²) in [6, 6.07) is 16.5. The van der Waals surface area contributed by atoms with Gasteiger partial charge in [-0.25, -0.2) is 0 Å². The summed E-state index contributed by atoms with van der Waals surface area (Å²) in [6.07, 6.45) is 1.67. The molecule has 1 aliphatic rings. The molecule has 2 aromatic carbocycles. The number of thioether (sulfide) groups is 1. The second kappa shape index (κ2) is 8.09. The number of imide groups is 1. The molecule has 2 aromatic rings. The van der Waals surface area contributed by atoms with Crippen LogP contribution in [0.4, 0.5) is 16.2 Å². The van der Waals surface area contributed by atoms with Crippen LogP contribution in [0.2, 0.25) is 0 Å². The van der Waals surface area contributed by atoms with Gasteiger partial charge in [0.05, 0.1) is 4.91 Å². The molecule has 27 heavy (non-hydrogen) atoms. The SMILES string of the molecule is CN(C)c1ccc(/C=C2/SC(=O)N(CC(=O)Nc3ccccc3)C2=O)cc1. The number of anilines is 2.